The molecule has 6 nitrogen and oxygen atoms in total. The van der Waals surface area contributed by atoms with Crippen molar-refractivity contribution in [2.75, 3.05) is 6.54 Å². The van der Waals surface area contributed by atoms with Crippen LogP contribution >= 0.6 is 0 Å². The number of carbonyl (C=O) groups excluding carboxylic acids is 2. The Labute approximate surface area is 93.3 Å². The molecule has 0 aromatic rings. The Morgan fingerprint density at radius 1 is 1.44 bits per heavy atom. The standard InChI is InChI=1S/C10H16N2O4/c13-7-5-11-9(14)8(7)10(15)12-16-6-3-1-2-4-6/h6-8,13H,1-5H2,(H,11,14)(H,12,15). The number of aliphatic hydroxyl groups is 1. The molecule has 0 bridgehead atoms. The minimum absolute atomic E-state index is 0.0468. The fourth-order valence-electron chi connectivity index (χ4n) is 2.11. The summed E-state index contributed by atoms with van der Waals surface area (Å²) < 4.78 is 0. The van der Waals surface area contributed by atoms with Crippen LogP contribution in [0, 0.1) is 5.92 Å². The highest BCUT2D eigenvalue weighted by Gasteiger charge is 2.39. The van der Waals surface area contributed by atoms with E-state index in [2.05, 4.69) is 10.8 Å². The van der Waals surface area contributed by atoms with Crippen LogP contribution in [-0.2, 0) is 14.4 Å². The topological polar surface area (TPSA) is 87.7 Å². The quantitative estimate of drug-likeness (QED) is 0.431. The van der Waals surface area contributed by atoms with Crippen LogP contribution in [0.25, 0.3) is 0 Å². The van der Waals surface area contributed by atoms with Gasteiger partial charge in [0.25, 0.3) is 5.91 Å². The minimum atomic E-state index is -1.04. The molecule has 3 N–H and O–H groups in total. The van der Waals surface area contributed by atoms with E-state index in [-0.39, 0.29) is 12.6 Å². The third kappa shape index (κ3) is 2.33. The van der Waals surface area contributed by atoms with Crippen LogP contribution < -0.4 is 10.8 Å². The molecule has 2 atom stereocenters. The molecule has 90 valence electrons. The van der Waals surface area contributed by atoms with Crippen LogP contribution in [-0.4, -0.2) is 35.7 Å². The smallest absolute Gasteiger partial charge is 0.258 e. The van der Waals surface area contributed by atoms with Crippen molar-refractivity contribution < 1.29 is 19.5 Å². The van der Waals surface area contributed by atoms with Crippen molar-refractivity contribution in [3.63, 3.8) is 0 Å². The maximum atomic E-state index is 11.6. The first-order chi connectivity index (χ1) is 7.68. The Morgan fingerprint density at radius 2 is 2.12 bits per heavy atom. The summed E-state index contributed by atoms with van der Waals surface area (Å²) in [6.07, 6.45) is 3.16. The largest absolute Gasteiger partial charge is 0.390 e. The maximum Gasteiger partial charge on any atom is 0.258 e. The SMILES string of the molecule is O=C1NCC(O)C1C(=O)NOC1CCCC1. The Bertz CT molecular complexity index is 289. The summed E-state index contributed by atoms with van der Waals surface area (Å²) in [5, 5.41) is 11.8. The molecule has 0 spiro atoms. The average Bonchev–Trinajstić information content (AvgIpc) is 2.86. The molecule has 2 fully saturated rings. The molecular formula is C10H16N2O4. The van der Waals surface area contributed by atoms with E-state index in [0.717, 1.165) is 25.7 Å². The number of carbonyl (C=O) groups is 2. The zero-order valence-corrected chi connectivity index (χ0v) is 8.94. The van der Waals surface area contributed by atoms with Gasteiger partial charge in [0, 0.05) is 6.54 Å². The van der Waals surface area contributed by atoms with Crippen molar-refractivity contribution in [3.05, 3.63) is 0 Å². The van der Waals surface area contributed by atoms with Crippen LogP contribution in [0.4, 0.5) is 0 Å². The number of hydroxylamine groups is 1. The van der Waals surface area contributed by atoms with Crippen molar-refractivity contribution in [1.82, 2.24) is 10.8 Å². The number of aliphatic hydroxyl groups excluding tert-OH is 1. The molecule has 1 heterocycles. The van der Waals surface area contributed by atoms with E-state index >= 15 is 0 Å². The number of nitrogens with one attached hydrogen (secondary N) is 2. The van der Waals surface area contributed by atoms with E-state index in [4.69, 9.17) is 4.84 Å². The van der Waals surface area contributed by atoms with Crippen LogP contribution in [0.5, 0.6) is 0 Å². The fourth-order valence-corrected chi connectivity index (χ4v) is 2.11. The predicted octanol–water partition coefficient (Wildman–Crippen LogP) is -0.916. The van der Waals surface area contributed by atoms with Crippen LogP contribution in [0.3, 0.4) is 0 Å². The zero-order valence-electron chi connectivity index (χ0n) is 8.94. The molecule has 1 saturated carbocycles. The molecule has 0 aromatic heterocycles. The summed E-state index contributed by atoms with van der Waals surface area (Å²) in [7, 11) is 0. The van der Waals surface area contributed by atoms with Crippen molar-refractivity contribution in [2.24, 2.45) is 5.92 Å². The summed E-state index contributed by atoms with van der Waals surface area (Å²) in [4.78, 5) is 28.0. The molecule has 1 saturated heterocycles. The second-order valence-corrected chi connectivity index (χ2v) is 4.28. The van der Waals surface area contributed by atoms with E-state index < -0.39 is 23.8 Å². The summed E-state index contributed by atoms with van der Waals surface area (Å²) >= 11 is 0. The van der Waals surface area contributed by atoms with Gasteiger partial charge in [-0.2, -0.15) is 0 Å². The lowest BCUT2D eigenvalue weighted by atomic mass is 10.1. The number of hydrogen-bond acceptors (Lipinski definition) is 4. The Morgan fingerprint density at radius 3 is 2.69 bits per heavy atom. The summed E-state index contributed by atoms with van der Waals surface area (Å²) in [6.45, 7) is 0.125. The minimum Gasteiger partial charge on any atom is -0.390 e. The molecule has 6 heteroatoms. The highest BCUT2D eigenvalue weighted by atomic mass is 16.7. The molecule has 2 unspecified atom stereocenters. The van der Waals surface area contributed by atoms with Gasteiger partial charge in [0.15, 0.2) is 0 Å². The summed E-state index contributed by atoms with van der Waals surface area (Å²) in [5.74, 6) is -2.05. The van der Waals surface area contributed by atoms with Crippen molar-refractivity contribution >= 4 is 11.8 Å². The first-order valence-corrected chi connectivity index (χ1v) is 5.60. The molecule has 2 rings (SSSR count). The third-order valence-corrected chi connectivity index (χ3v) is 3.06. The molecule has 1 aliphatic carbocycles. The van der Waals surface area contributed by atoms with Gasteiger partial charge in [0.2, 0.25) is 5.91 Å². The van der Waals surface area contributed by atoms with E-state index in [1.165, 1.54) is 0 Å². The first kappa shape index (κ1) is 11.3. The lowest BCUT2D eigenvalue weighted by molar-refractivity contribution is -0.148. The van der Waals surface area contributed by atoms with Gasteiger partial charge in [-0.1, -0.05) is 12.8 Å². The van der Waals surface area contributed by atoms with Gasteiger partial charge in [-0.3, -0.25) is 14.4 Å². The van der Waals surface area contributed by atoms with Crippen LogP contribution in [0.15, 0.2) is 0 Å². The predicted molar refractivity (Wildman–Crippen MR) is 54.0 cm³/mol. The second-order valence-electron chi connectivity index (χ2n) is 4.28. The summed E-state index contributed by atoms with van der Waals surface area (Å²) in [5.41, 5.74) is 2.27. The Hall–Kier alpha value is -1.14. The van der Waals surface area contributed by atoms with Crippen molar-refractivity contribution in [1.29, 1.82) is 0 Å². The highest BCUT2D eigenvalue weighted by Crippen LogP contribution is 2.20. The molecule has 0 radical (unpaired) electrons. The van der Waals surface area contributed by atoms with Gasteiger partial charge in [0.1, 0.15) is 5.92 Å². The van der Waals surface area contributed by atoms with Gasteiger partial charge < -0.3 is 10.4 Å². The lowest BCUT2D eigenvalue weighted by Gasteiger charge is -2.14. The number of hydrogen-bond donors (Lipinski definition) is 3. The van der Waals surface area contributed by atoms with Gasteiger partial charge in [0.05, 0.1) is 12.2 Å². The van der Waals surface area contributed by atoms with Gasteiger partial charge in [-0.15, -0.1) is 0 Å². The third-order valence-electron chi connectivity index (χ3n) is 3.06. The van der Waals surface area contributed by atoms with E-state index in [9.17, 15) is 14.7 Å². The normalized spacial score (nSPS) is 30.4. The molecule has 2 aliphatic rings. The first-order valence-electron chi connectivity index (χ1n) is 5.60. The van der Waals surface area contributed by atoms with Crippen molar-refractivity contribution in [3.8, 4) is 0 Å². The monoisotopic (exact) mass is 228 g/mol. The Kier molecular flexibility index (Phi) is 3.40. The molecule has 0 aromatic carbocycles. The molecule has 1 aliphatic heterocycles. The summed E-state index contributed by atoms with van der Waals surface area (Å²) in [6, 6.07) is 0. The highest BCUT2D eigenvalue weighted by molar-refractivity contribution is 6.02. The van der Waals surface area contributed by atoms with Crippen LogP contribution in [0.1, 0.15) is 25.7 Å². The van der Waals surface area contributed by atoms with E-state index in [1.807, 2.05) is 0 Å². The van der Waals surface area contributed by atoms with Crippen molar-refractivity contribution in [2.45, 2.75) is 37.9 Å². The average molecular weight is 228 g/mol. The molecule has 16 heavy (non-hydrogen) atoms. The van der Waals surface area contributed by atoms with E-state index in [0.29, 0.717) is 0 Å². The van der Waals surface area contributed by atoms with Crippen LogP contribution in [0.2, 0.25) is 0 Å². The number of β-amino-alcohol motifs (C(OH)–C–C–N with tert-alkyl or cyclic N) is 1. The lowest BCUT2D eigenvalue weighted by Crippen LogP contribution is -2.40. The maximum absolute atomic E-state index is 11.6. The Balaban J connectivity index is 1.80. The zero-order chi connectivity index (χ0) is 11.5. The van der Waals surface area contributed by atoms with Gasteiger partial charge in [-0.05, 0) is 12.8 Å². The number of amides is 2. The molecular weight excluding hydrogens is 212 g/mol. The fraction of sp³-hybridized carbons (Fsp3) is 0.800. The van der Waals surface area contributed by atoms with Gasteiger partial charge in [-0.25, -0.2) is 5.48 Å². The molecule has 2 amide bonds. The number of rotatable bonds is 3. The van der Waals surface area contributed by atoms with E-state index in [1.54, 1.807) is 0 Å². The van der Waals surface area contributed by atoms with Gasteiger partial charge >= 0.3 is 0 Å². The second kappa shape index (κ2) is 4.80.